The van der Waals surface area contributed by atoms with Crippen LogP contribution in [0.1, 0.15) is 19.4 Å². The van der Waals surface area contributed by atoms with E-state index in [2.05, 4.69) is 10.3 Å². The Bertz CT molecular complexity index is 412. The first-order chi connectivity index (χ1) is 8.25. The van der Waals surface area contributed by atoms with Crippen molar-refractivity contribution in [3.63, 3.8) is 0 Å². The summed E-state index contributed by atoms with van der Waals surface area (Å²) in [4.78, 5) is 3.66. The van der Waals surface area contributed by atoms with Gasteiger partial charge in [0, 0.05) is 18.8 Å². The van der Waals surface area contributed by atoms with Crippen molar-refractivity contribution in [2.45, 2.75) is 26.1 Å². The number of hydrogen-bond acceptors (Lipinski definition) is 3. The van der Waals surface area contributed by atoms with Crippen LogP contribution in [-0.4, -0.2) is 22.7 Å². The average Bonchev–Trinajstić information content (AvgIpc) is 2.29. The number of nitrogens with zero attached hydrogens (tertiary/aromatic N) is 1. The third kappa shape index (κ3) is 3.74. The van der Waals surface area contributed by atoms with Gasteiger partial charge in [0.15, 0.2) is 0 Å². The van der Waals surface area contributed by atoms with Gasteiger partial charge in [0.1, 0.15) is 5.82 Å². The second-order valence-electron chi connectivity index (χ2n) is 4.15. The fraction of sp³-hybridized carbons (Fsp3) is 0.545. The molecule has 3 nitrogen and oxygen atoms in total. The molecule has 0 radical (unpaired) electrons. The molecule has 1 aromatic rings. The average molecular weight is 283 g/mol. The summed E-state index contributed by atoms with van der Waals surface area (Å²) in [5.74, 6) is 0.114. The molecule has 1 rings (SSSR count). The van der Waals surface area contributed by atoms with Gasteiger partial charge in [-0.05, 0) is 18.9 Å². The summed E-state index contributed by atoms with van der Waals surface area (Å²) in [6.07, 6.45) is -3.73. The van der Waals surface area contributed by atoms with E-state index in [1.165, 1.54) is 0 Å². The second kappa shape index (κ2) is 5.75. The molecule has 1 heterocycles. The summed E-state index contributed by atoms with van der Waals surface area (Å²) in [6.45, 7) is 3.55. The maximum Gasteiger partial charge on any atom is 0.417 e. The molecule has 0 saturated heterocycles. The Balaban J connectivity index is 2.87. The molecule has 0 spiro atoms. The Hall–Kier alpha value is -1.01. The lowest BCUT2D eigenvalue weighted by Gasteiger charge is -2.20. The van der Waals surface area contributed by atoms with Gasteiger partial charge in [-0.2, -0.15) is 13.2 Å². The fourth-order valence-corrected chi connectivity index (χ4v) is 1.44. The van der Waals surface area contributed by atoms with Crippen LogP contribution in [0.25, 0.3) is 0 Å². The molecule has 0 aliphatic heterocycles. The number of alkyl halides is 3. The monoisotopic (exact) mass is 282 g/mol. The van der Waals surface area contributed by atoms with Crippen LogP contribution < -0.4 is 5.32 Å². The molecule has 0 amide bonds. The van der Waals surface area contributed by atoms with E-state index in [-0.39, 0.29) is 29.4 Å². The highest BCUT2D eigenvalue weighted by Crippen LogP contribution is 2.32. The number of aromatic nitrogens is 1. The van der Waals surface area contributed by atoms with Crippen molar-refractivity contribution in [2.24, 2.45) is 5.92 Å². The van der Waals surface area contributed by atoms with Gasteiger partial charge in [0.2, 0.25) is 0 Å². The number of rotatable bonds is 4. The van der Waals surface area contributed by atoms with Gasteiger partial charge in [-0.15, -0.1) is 0 Å². The summed E-state index contributed by atoms with van der Waals surface area (Å²) in [7, 11) is 0. The standard InChI is InChI=1S/C11H14ClF3N2O/c1-6(5-18)7(2)17-10-9(12)3-8(4-16-10)11(13,14)15/h3-4,6-7,18H,5H2,1-2H3,(H,16,17). The molecular weight excluding hydrogens is 269 g/mol. The van der Waals surface area contributed by atoms with Crippen molar-refractivity contribution in [3.8, 4) is 0 Å². The largest absolute Gasteiger partial charge is 0.417 e. The van der Waals surface area contributed by atoms with Crippen molar-refractivity contribution < 1.29 is 18.3 Å². The fourth-order valence-electron chi connectivity index (χ4n) is 1.22. The summed E-state index contributed by atoms with van der Waals surface area (Å²) in [5, 5.41) is 11.7. The van der Waals surface area contributed by atoms with Gasteiger partial charge in [0.05, 0.1) is 10.6 Å². The number of halogens is 4. The van der Waals surface area contributed by atoms with Crippen LogP contribution in [0.3, 0.4) is 0 Å². The molecule has 1 aromatic heterocycles. The Morgan fingerprint density at radius 2 is 2.06 bits per heavy atom. The van der Waals surface area contributed by atoms with Gasteiger partial charge in [-0.1, -0.05) is 18.5 Å². The van der Waals surface area contributed by atoms with E-state index in [0.29, 0.717) is 0 Å². The zero-order valence-electron chi connectivity index (χ0n) is 9.92. The summed E-state index contributed by atoms with van der Waals surface area (Å²) in [5.41, 5.74) is -0.888. The molecule has 102 valence electrons. The Morgan fingerprint density at radius 1 is 1.44 bits per heavy atom. The molecule has 0 aromatic carbocycles. The smallest absolute Gasteiger partial charge is 0.396 e. The Kier molecular flexibility index (Phi) is 4.81. The maximum atomic E-state index is 12.4. The minimum atomic E-state index is -4.46. The third-order valence-electron chi connectivity index (χ3n) is 2.67. The summed E-state index contributed by atoms with van der Waals surface area (Å²) < 4.78 is 37.2. The molecule has 2 unspecified atom stereocenters. The number of anilines is 1. The number of nitrogens with one attached hydrogen (secondary N) is 1. The molecular formula is C11H14ClF3N2O. The quantitative estimate of drug-likeness (QED) is 0.891. The highest BCUT2D eigenvalue weighted by atomic mass is 35.5. The van der Waals surface area contributed by atoms with Crippen LogP contribution >= 0.6 is 11.6 Å². The van der Waals surface area contributed by atoms with Gasteiger partial charge in [0.25, 0.3) is 0 Å². The maximum absolute atomic E-state index is 12.4. The molecule has 0 aliphatic rings. The molecule has 0 saturated carbocycles. The first-order valence-electron chi connectivity index (χ1n) is 5.35. The summed E-state index contributed by atoms with van der Waals surface area (Å²) in [6, 6.07) is 0.671. The number of aliphatic hydroxyl groups is 1. The number of aliphatic hydroxyl groups excluding tert-OH is 1. The highest BCUT2D eigenvalue weighted by molar-refractivity contribution is 6.32. The first kappa shape index (κ1) is 15.0. The molecule has 7 heteroatoms. The molecule has 0 fully saturated rings. The molecule has 0 bridgehead atoms. The predicted molar refractivity (Wildman–Crippen MR) is 63.6 cm³/mol. The zero-order chi connectivity index (χ0) is 13.9. The number of hydrogen-bond donors (Lipinski definition) is 2. The Morgan fingerprint density at radius 3 is 2.50 bits per heavy atom. The van der Waals surface area contributed by atoms with E-state index >= 15 is 0 Å². The van der Waals surface area contributed by atoms with Gasteiger partial charge in [-0.25, -0.2) is 4.98 Å². The Labute approximate surface area is 108 Å². The van der Waals surface area contributed by atoms with Crippen molar-refractivity contribution in [3.05, 3.63) is 22.8 Å². The van der Waals surface area contributed by atoms with E-state index in [1.54, 1.807) is 13.8 Å². The number of pyridine rings is 1. The second-order valence-corrected chi connectivity index (χ2v) is 4.55. The lowest BCUT2D eigenvalue weighted by Crippen LogP contribution is -2.27. The summed E-state index contributed by atoms with van der Waals surface area (Å²) >= 11 is 5.74. The van der Waals surface area contributed by atoms with Crippen molar-refractivity contribution in [1.29, 1.82) is 0 Å². The minimum Gasteiger partial charge on any atom is -0.396 e. The van der Waals surface area contributed by atoms with Crippen molar-refractivity contribution >= 4 is 17.4 Å². The topological polar surface area (TPSA) is 45.1 Å². The van der Waals surface area contributed by atoms with Gasteiger partial charge in [-0.3, -0.25) is 0 Å². The van der Waals surface area contributed by atoms with Crippen LogP contribution in [0.4, 0.5) is 19.0 Å². The normalized spacial score (nSPS) is 15.3. The van der Waals surface area contributed by atoms with E-state index in [0.717, 1.165) is 12.3 Å². The lowest BCUT2D eigenvalue weighted by molar-refractivity contribution is -0.137. The van der Waals surface area contributed by atoms with Crippen LogP contribution in [0.2, 0.25) is 5.02 Å². The van der Waals surface area contributed by atoms with E-state index < -0.39 is 11.7 Å². The predicted octanol–water partition coefficient (Wildman–Crippen LogP) is 3.18. The van der Waals surface area contributed by atoms with Crippen LogP contribution in [0.5, 0.6) is 0 Å². The van der Waals surface area contributed by atoms with Crippen LogP contribution in [-0.2, 0) is 6.18 Å². The van der Waals surface area contributed by atoms with Crippen LogP contribution in [0, 0.1) is 5.92 Å². The molecule has 18 heavy (non-hydrogen) atoms. The third-order valence-corrected chi connectivity index (χ3v) is 2.96. The van der Waals surface area contributed by atoms with E-state index in [1.807, 2.05) is 0 Å². The van der Waals surface area contributed by atoms with E-state index in [9.17, 15) is 13.2 Å². The highest BCUT2D eigenvalue weighted by Gasteiger charge is 2.31. The van der Waals surface area contributed by atoms with Crippen LogP contribution in [0.15, 0.2) is 12.3 Å². The van der Waals surface area contributed by atoms with Gasteiger partial charge >= 0.3 is 6.18 Å². The minimum absolute atomic E-state index is 0.0353. The van der Waals surface area contributed by atoms with Crippen molar-refractivity contribution in [1.82, 2.24) is 4.98 Å². The zero-order valence-corrected chi connectivity index (χ0v) is 10.7. The lowest BCUT2D eigenvalue weighted by atomic mass is 10.1. The molecule has 0 aliphatic carbocycles. The first-order valence-corrected chi connectivity index (χ1v) is 5.73. The van der Waals surface area contributed by atoms with Crippen molar-refractivity contribution in [2.75, 3.05) is 11.9 Å². The van der Waals surface area contributed by atoms with E-state index in [4.69, 9.17) is 16.7 Å². The molecule has 2 atom stereocenters. The molecule has 2 N–H and O–H groups in total. The van der Waals surface area contributed by atoms with Gasteiger partial charge < -0.3 is 10.4 Å². The SMILES string of the molecule is CC(CO)C(C)Nc1ncc(C(F)(F)F)cc1Cl.